The SMILES string of the molecule is C[C@H]1[C@@H](O)O[C@@H]2O[C@]3(C)CC[C@H]4[C@H](C)CC[C@@H]1C24OO3. The van der Waals surface area contributed by atoms with E-state index in [0.717, 1.165) is 19.3 Å². The van der Waals surface area contributed by atoms with Crippen molar-refractivity contribution >= 4 is 0 Å². The molecule has 4 aliphatic heterocycles. The summed E-state index contributed by atoms with van der Waals surface area (Å²) >= 11 is 0. The molecular weight excluding hydrogens is 260 g/mol. The molecule has 5 fully saturated rings. The summed E-state index contributed by atoms with van der Waals surface area (Å²) in [6.45, 7) is 6.22. The lowest BCUT2D eigenvalue weighted by Gasteiger charge is -2.59. The molecule has 20 heavy (non-hydrogen) atoms. The Morgan fingerprint density at radius 3 is 2.65 bits per heavy atom. The number of hydrogen-bond acceptors (Lipinski definition) is 5. The second-order valence-corrected chi connectivity index (χ2v) is 7.30. The zero-order chi connectivity index (χ0) is 14.1. The maximum atomic E-state index is 10.2. The summed E-state index contributed by atoms with van der Waals surface area (Å²) in [4.78, 5) is 11.6. The largest absolute Gasteiger partial charge is 0.368 e. The highest BCUT2D eigenvalue weighted by molar-refractivity contribution is 5.08. The summed E-state index contributed by atoms with van der Waals surface area (Å²) in [6, 6.07) is 0. The van der Waals surface area contributed by atoms with Crippen LogP contribution in [0.2, 0.25) is 0 Å². The van der Waals surface area contributed by atoms with Crippen molar-refractivity contribution in [3.63, 3.8) is 0 Å². The monoisotopic (exact) mass is 284 g/mol. The first-order valence-corrected chi connectivity index (χ1v) is 7.84. The molecule has 5 heteroatoms. The van der Waals surface area contributed by atoms with Gasteiger partial charge in [-0.2, -0.15) is 0 Å². The van der Waals surface area contributed by atoms with E-state index in [4.69, 9.17) is 19.2 Å². The van der Waals surface area contributed by atoms with Crippen LogP contribution in [0.25, 0.3) is 0 Å². The number of aliphatic hydroxyl groups is 1. The van der Waals surface area contributed by atoms with Crippen LogP contribution in [0, 0.1) is 23.7 Å². The van der Waals surface area contributed by atoms with E-state index in [1.54, 1.807) is 0 Å². The Hall–Kier alpha value is -0.200. The molecule has 2 bridgehead atoms. The number of fused-ring (bicyclic) bond motifs is 2. The Kier molecular flexibility index (Phi) is 2.81. The van der Waals surface area contributed by atoms with Gasteiger partial charge in [-0.05, 0) is 38.0 Å². The van der Waals surface area contributed by atoms with Crippen molar-refractivity contribution in [3.8, 4) is 0 Å². The minimum atomic E-state index is -0.781. The van der Waals surface area contributed by atoms with Crippen molar-refractivity contribution in [1.82, 2.24) is 0 Å². The van der Waals surface area contributed by atoms with Gasteiger partial charge in [-0.15, -0.1) is 0 Å². The van der Waals surface area contributed by atoms with E-state index in [-0.39, 0.29) is 11.8 Å². The van der Waals surface area contributed by atoms with E-state index in [9.17, 15) is 5.11 Å². The average Bonchev–Trinajstić information content (AvgIpc) is 2.63. The van der Waals surface area contributed by atoms with Crippen molar-refractivity contribution in [2.45, 2.75) is 70.4 Å². The molecule has 8 atom stereocenters. The normalized spacial score (nSPS) is 61.8. The highest BCUT2D eigenvalue weighted by Crippen LogP contribution is 2.60. The van der Waals surface area contributed by atoms with Crippen LogP contribution in [0.1, 0.15) is 46.5 Å². The van der Waals surface area contributed by atoms with Crippen LogP contribution in [-0.4, -0.2) is 29.1 Å². The quantitative estimate of drug-likeness (QED) is 0.691. The number of ether oxygens (including phenoxy) is 2. The zero-order valence-corrected chi connectivity index (χ0v) is 12.4. The highest BCUT2D eigenvalue weighted by atomic mass is 17.3. The number of rotatable bonds is 0. The summed E-state index contributed by atoms with van der Waals surface area (Å²) in [6.07, 6.45) is 2.72. The van der Waals surface area contributed by atoms with Gasteiger partial charge in [-0.1, -0.05) is 13.8 Å². The molecule has 0 aromatic rings. The lowest BCUT2D eigenvalue weighted by atomic mass is 9.58. The first-order chi connectivity index (χ1) is 9.46. The van der Waals surface area contributed by atoms with E-state index >= 15 is 0 Å². The molecule has 1 unspecified atom stereocenters. The number of aliphatic hydroxyl groups excluding tert-OH is 1. The summed E-state index contributed by atoms with van der Waals surface area (Å²) in [7, 11) is 0. The van der Waals surface area contributed by atoms with Gasteiger partial charge in [-0.25, -0.2) is 9.78 Å². The Morgan fingerprint density at radius 2 is 1.85 bits per heavy atom. The van der Waals surface area contributed by atoms with Gasteiger partial charge in [0.15, 0.2) is 18.2 Å². The molecule has 1 spiro atoms. The van der Waals surface area contributed by atoms with Crippen LogP contribution in [0.3, 0.4) is 0 Å². The van der Waals surface area contributed by atoms with Crippen LogP contribution in [-0.2, 0) is 19.2 Å². The topological polar surface area (TPSA) is 57.2 Å². The smallest absolute Gasteiger partial charge is 0.201 e. The third kappa shape index (κ3) is 1.56. The minimum Gasteiger partial charge on any atom is -0.368 e. The molecule has 0 amide bonds. The molecule has 0 aromatic carbocycles. The fourth-order valence-corrected chi connectivity index (χ4v) is 4.89. The summed E-state index contributed by atoms with van der Waals surface area (Å²) in [5.74, 6) is 0.437. The highest BCUT2D eigenvalue weighted by Gasteiger charge is 2.69. The van der Waals surface area contributed by atoms with E-state index in [1.807, 2.05) is 13.8 Å². The molecule has 1 aliphatic carbocycles. The Labute approximate surface area is 119 Å². The third-order valence-electron chi connectivity index (χ3n) is 6.12. The minimum absolute atomic E-state index is 0.0379. The van der Waals surface area contributed by atoms with Gasteiger partial charge in [-0.3, -0.25) is 0 Å². The van der Waals surface area contributed by atoms with Gasteiger partial charge in [0, 0.05) is 18.3 Å². The molecule has 1 N–H and O–H groups in total. The molecule has 5 aliphatic rings. The maximum Gasteiger partial charge on any atom is 0.201 e. The standard InChI is InChI=1S/C15H24O5/c1-8-4-5-11-9(2)12(16)17-13-15(11)10(8)6-7-14(3,18-13)19-20-15/h8-13,16H,4-7H2,1-3H3/t8-,9-,10+,11+,12+,13-,14+,15?/m1/s1. The molecule has 0 radical (unpaired) electrons. The van der Waals surface area contributed by atoms with Gasteiger partial charge in [0.2, 0.25) is 5.79 Å². The van der Waals surface area contributed by atoms with Crippen molar-refractivity contribution in [3.05, 3.63) is 0 Å². The molecule has 4 heterocycles. The molecule has 0 aromatic heterocycles. The molecular formula is C15H24O5. The summed E-state index contributed by atoms with van der Waals surface area (Å²) in [5.41, 5.74) is -0.549. The van der Waals surface area contributed by atoms with Crippen molar-refractivity contribution < 1.29 is 24.4 Å². The van der Waals surface area contributed by atoms with Crippen LogP contribution >= 0.6 is 0 Å². The number of hydrogen-bond donors (Lipinski definition) is 1. The first-order valence-electron chi connectivity index (χ1n) is 7.84. The van der Waals surface area contributed by atoms with Gasteiger partial charge in [0.1, 0.15) is 0 Å². The summed E-state index contributed by atoms with van der Waals surface area (Å²) in [5, 5.41) is 10.2. The van der Waals surface area contributed by atoms with Gasteiger partial charge in [0.25, 0.3) is 0 Å². The van der Waals surface area contributed by atoms with E-state index in [2.05, 4.69) is 6.92 Å². The van der Waals surface area contributed by atoms with E-state index < -0.39 is 24.0 Å². The second kappa shape index (κ2) is 4.17. The van der Waals surface area contributed by atoms with Gasteiger partial charge in [0.05, 0.1) is 0 Å². The Morgan fingerprint density at radius 1 is 1.05 bits per heavy atom. The predicted molar refractivity (Wildman–Crippen MR) is 69.0 cm³/mol. The first kappa shape index (κ1) is 13.5. The lowest BCUT2D eigenvalue weighted by molar-refractivity contribution is -0.576. The Balaban J connectivity index is 1.82. The van der Waals surface area contributed by atoms with Crippen LogP contribution < -0.4 is 0 Å². The molecule has 5 nitrogen and oxygen atoms in total. The van der Waals surface area contributed by atoms with Crippen LogP contribution in [0.4, 0.5) is 0 Å². The van der Waals surface area contributed by atoms with Crippen molar-refractivity contribution in [2.75, 3.05) is 0 Å². The van der Waals surface area contributed by atoms with Crippen molar-refractivity contribution in [1.29, 1.82) is 0 Å². The fraction of sp³-hybridized carbons (Fsp3) is 1.00. The maximum absolute atomic E-state index is 10.2. The van der Waals surface area contributed by atoms with Crippen LogP contribution in [0.15, 0.2) is 0 Å². The van der Waals surface area contributed by atoms with Crippen LogP contribution in [0.5, 0.6) is 0 Å². The zero-order valence-electron chi connectivity index (χ0n) is 12.4. The van der Waals surface area contributed by atoms with E-state index in [1.165, 1.54) is 6.42 Å². The third-order valence-corrected chi connectivity index (χ3v) is 6.12. The fourth-order valence-electron chi connectivity index (χ4n) is 4.89. The summed E-state index contributed by atoms with van der Waals surface area (Å²) < 4.78 is 11.9. The van der Waals surface area contributed by atoms with Gasteiger partial charge >= 0.3 is 0 Å². The predicted octanol–water partition coefficient (Wildman–Crippen LogP) is 2.19. The molecule has 1 saturated carbocycles. The van der Waals surface area contributed by atoms with Crippen molar-refractivity contribution in [2.24, 2.45) is 23.7 Å². The molecule has 114 valence electrons. The average molecular weight is 284 g/mol. The molecule has 4 saturated heterocycles. The molecule has 5 rings (SSSR count). The Bertz CT molecular complexity index is 411. The lowest BCUT2D eigenvalue weighted by Crippen LogP contribution is -2.70. The second-order valence-electron chi connectivity index (χ2n) is 7.30. The van der Waals surface area contributed by atoms with Gasteiger partial charge < -0.3 is 14.6 Å². The van der Waals surface area contributed by atoms with E-state index in [0.29, 0.717) is 11.8 Å².